The molecule has 2 atom stereocenters. The van der Waals surface area contributed by atoms with Gasteiger partial charge in [-0.2, -0.15) is 0 Å². The molecule has 2 saturated carbocycles. The van der Waals surface area contributed by atoms with Crippen LogP contribution in [0.2, 0.25) is 0 Å². The number of rotatable bonds is 4. The van der Waals surface area contributed by atoms with Crippen LogP contribution in [0.25, 0.3) is 0 Å². The third kappa shape index (κ3) is 2.03. The van der Waals surface area contributed by atoms with Crippen molar-refractivity contribution < 1.29 is 19.2 Å². The van der Waals surface area contributed by atoms with E-state index in [1.807, 2.05) is 13.8 Å². The van der Waals surface area contributed by atoms with Crippen molar-refractivity contribution in [3.63, 3.8) is 0 Å². The van der Waals surface area contributed by atoms with E-state index >= 15 is 0 Å². The molecule has 24 heavy (non-hydrogen) atoms. The molecule has 1 N–H and O–H groups in total. The van der Waals surface area contributed by atoms with Crippen LogP contribution >= 0.6 is 0 Å². The Hall–Kier alpha value is -2.44. The Labute approximate surface area is 139 Å². The molecule has 0 aliphatic heterocycles. The van der Waals surface area contributed by atoms with Gasteiger partial charge >= 0.3 is 0 Å². The van der Waals surface area contributed by atoms with Crippen LogP contribution in [0.1, 0.15) is 33.1 Å². The van der Waals surface area contributed by atoms with Gasteiger partial charge in [-0.15, -0.1) is 0 Å². The quantitative estimate of drug-likeness (QED) is 0.519. The summed E-state index contributed by atoms with van der Waals surface area (Å²) in [5, 5.41) is 13.9. The summed E-state index contributed by atoms with van der Waals surface area (Å²) in [6, 6.07) is 4.23. The Morgan fingerprint density at radius 1 is 1.42 bits per heavy atom. The maximum atomic E-state index is 13.0. The lowest BCUT2D eigenvalue weighted by Gasteiger charge is -2.34. The summed E-state index contributed by atoms with van der Waals surface area (Å²) in [4.78, 5) is 36.2. The van der Waals surface area contributed by atoms with Crippen LogP contribution in [0.15, 0.2) is 18.2 Å². The smallest absolute Gasteiger partial charge is 0.296 e. The molecule has 0 heterocycles. The number of hydrogen-bond donors (Lipinski definition) is 1. The predicted octanol–water partition coefficient (Wildman–Crippen LogP) is 2.94. The van der Waals surface area contributed by atoms with Crippen LogP contribution in [0.4, 0.5) is 11.4 Å². The first kappa shape index (κ1) is 16.4. The molecule has 0 saturated heterocycles. The van der Waals surface area contributed by atoms with Gasteiger partial charge < -0.3 is 10.1 Å². The predicted molar refractivity (Wildman–Crippen MR) is 86.8 cm³/mol. The summed E-state index contributed by atoms with van der Waals surface area (Å²) in [6.45, 7) is 3.88. The van der Waals surface area contributed by atoms with Crippen LogP contribution in [0, 0.1) is 26.9 Å². The van der Waals surface area contributed by atoms with Gasteiger partial charge in [0.2, 0.25) is 5.91 Å². The van der Waals surface area contributed by atoms with Crippen LogP contribution in [-0.4, -0.2) is 23.7 Å². The average molecular weight is 332 g/mol. The number of Topliss-reactive ketones (excluding diaryl/α,β-unsaturated/α-hetero) is 1. The van der Waals surface area contributed by atoms with E-state index in [2.05, 4.69) is 5.32 Å². The molecule has 1 aromatic carbocycles. The van der Waals surface area contributed by atoms with E-state index < -0.39 is 21.7 Å². The first-order chi connectivity index (χ1) is 11.2. The lowest BCUT2D eigenvalue weighted by molar-refractivity contribution is -0.384. The van der Waals surface area contributed by atoms with Crippen molar-refractivity contribution in [1.82, 2.24) is 0 Å². The highest BCUT2D eigenvalue weighted by Gasteiger charge is 2.68. The molecule has 0 radical (unpaired) electrons. The minimum Gasteiger partial charge on any atom is -0.496 e. The number of carbonyl (C=O) groups excluding carboxylic acids is 2. The lowest BCUT2D eigenvalue weighted by atomic mass is 9.68. The number of nitrogens with one attached hydrogen (secondary N) is 1. The topological polar surface area (TPSA) is 98.5 Å². The van der Waals surface area contributed by atoms with Crippen molar-refractivity contribution in [3.8, 4) is 5.75 Å². The minimum absolute atomic E-state index is 0.0579. The normalized spacial score (nSPS) is 27.1. The molecule has 0 spiro atoms. The fraction of sp³-hybridized carbons (Fsp3) is 0.529. The van der Waals surface area contributed by atoms with Crippen LogP contribution in [0.5, 0.6) is 5.75 Å². The van der Waals surface area contributed by atoms with Crippen molar-refractivity contribution in [2.45, 2.75) is 33.1 Å². The lowest BCUT2D eigenvalue weighted by Crippen LogP contribution is -2.46. The largest absolute Gasteiger partial charge is 0.496 e. The van der Waals surface area contributed by atoms with E-state index in [0.29, 0.717) is 18.6 Å². The van der Waals surface area contributed by atoms with E-state index in [1.54, 1.807) is 6.07 Å². The maximum Gasteiger partial charge on any atom is 0.296 e. The number of nitro benzene ring substituents is 1. The first-order valence-corrected chi connectivity index (χ1v) is 7.91. The second-order valence-corrected chi connectivity index (χ2v) is 7.08. The highest BCUT2D eigenvalue weighted by atomic mass is 16.6. The minimum atomic E-state index is -1.09. The molecule has 1 aromatic rings. The number of anilines is 1. The molecular formula is C17H20N2O5. The van der Waals surface area contributed by atoms with Gasteiger partial charge in [-0.25, -0.2) is 0 Å². The number of hydrogen-bond acceptors (Lipinski definition) is 5. The number of methoxy groups -OCH3 is 1. The Bertz CT molecular complexity index is 742. The summed E-state index contributed by atoms with van der Waals surface area (Å²) in [6.07, 6.45) is 1.74. The molecule has 2 aliphatic carbocycles. The Morgan fingerprint density at radius 3 is 2.62 bits per heavy atom. The van der Waals surface area contributed by atoms with Gasteiger partial charge in [0.05, 0.1) is 18.1 Å². The van der Waals surface area contributed by atoms with Crippen LogP contribution < -0.4 is 10.1 Å². The number of carbonyl (C=O) groups is 2. The van der Waals surface area contributed by atoms with Gasteiger partial charge in [-0.05, 0) is 36.3 Å². The van der Waals surface area contributed by atoms with E-state index in [1.165, 1.54) is 19.2 Å². The number of ketones is 1. The van der Waals surface area contributed by atoms with Crippen molar-refractivity contribution in [2.24, 2.45) is 16.7 Å². The number of ether oxygens (including phenoxy) is 1. The Morgan fingerprint density at radius 2 is 2.12 bits per heavy atom. The third-order valence-electron chi connectivity index (χ3n) is 5.93. The van der Waals surface area contributed by atoms with E-state index in [9.17, 15) is 19.7 Å². The van der Waals surface area contributed by atoms with Crippen molar-refractivity contribution >= 4 is 23.1 Å². The summed E-state index contributed by atoms with van der Waals surface area (Å²) in [5.74, 6) is 0.0286. The summed E-state index contributed by atoms with van der Waals surface area (Å²) >= 11 is 0. The highest BCUT2D eigenvalue weighted by Crippen LogP contribution is 2.64. The first-order valence-electron chi connectivity index (χ1n) is 7.91. The van der Waals surface area contributed by atoms with Crippen LogP contribution in [-0.2, 0) is 9.59 Å². The van der Waals surface area contributed by atoms with Crippen LogP contribution in [0.3, 0.4) is 0 Å². The van der Waals surface area contributed by atoms with Crippen molar-refractivity contribution in [3.05, 3.63) is 28.3 Å². The monoisotopic (exact) mass is 332 g/mol. The zero-order valence-electron chi connectivity index (χ0n) is 13.9. The van der Waals surface area contributed by atoms with E-state index in [0.717, 1.165) is 6.42 Å². The molecule has 2 fully saturated rings. The molecule has 2 unspecified atom stereocenters. The molecule has 3 rings (SSSR count). The maximum absolute atomic E-state index is 13.0. The summed E-state index contributed by atoms with van der Waals surface area (Å²) in [7, 11) is 1.41. The van der Waals surface area contributed by atoms with Gasteiger partial charge in [0, 0.05) is 6.42 Å². The van der Waals surface area contributed by atoms with E-state index in [4.69, 9.17) is 4.74 Å². The molecular weight excluding hydrogens is 312 g/mol. The molecule has 128 valence electrons. The summed E-state index contributed by atoms with van der Waals surface area (Å²) < 4.78 is 4.99. The number of nitro groups is 1. The molecule has 2 aliphatic rings. The third-order valence-corrected chi connectivity index (χ3v) is 5.93. The van der Waals surface area contributed by atoms with Gasteiger partial charge in [0.15, 0.2) is 0 Å². The van der Waals surface area contributed by atoms with E-state index in [-0.39, 0.29) is 23.1 Å². The zero-order valence-corrected chi connectivity index (χ0v) is 13.9. The second kappa shape index (κ2) is 5.29. The number of fused-ring (bicyclic) bond motifs is 2. The Kier molecular flexibility index (Phi) is 3.62. The average Bonchev–Trinajstić information content (AvgIpc) is 2.90. The number of nitrogens with zero attached hydrogens (tertiary/aromatic N) is 1. The molecule has 0 aromatic heterocycles. The number of amides is 1. The Balaban J connectivity index is 1.96. The SMILES string of the molecule is COc1ccc(NC(=O)C23CCC(CC2=O)C3(C)C)c([N+](=O)[O-])c1. The summed E-state index contributed by atoms with van der Waals surface area (Å²) in [5.41, 5.74) is -1.70. The fourth-order valence-corrected chi connectivity index (χ4v) is 4.33. The van der Waals surface area contributed by atoms with Gasteiger partial charge in [0.1, 0.15) is 22.6 Å². The standard InChI is InChI=1S/C17H20N2O5/c1-16(2)10-6-7-17(16,14(20)8-10)15(21)18-12-5-4-11(24-3)9-13(12)19(22)23/h4-5,9-10H,6-8H2,1-3H3,(H,18,21). The molecule has 2 bridgehead atoms. The van der Waals surface area contributed by atoms with Gasteiger partial charge in [-0.1, -0.05) is 13.8 Å². The highest BCUT2D eigenvalue weighted by molar-refractivity contribution is 6.14. The number of benzene rings is 1. The zero-order chi connectivity index (χ0) is 17.7. The van der Waals surface area contributed by atoms with Crippen molar-refractivity contribution in [2.75, 3.05) is 12.4 Å². The fourth-order valence-electron chi connectivity index (χ4n) is 4.33. The molecule has 7 heteroatoms. The second-order valence-electron chi connectivity index (χ2n) is 7.08. The van der Waals surface area contributed by atoms with Gasteiger partial charge in [0.25, 0.3) is 5.69 Å². The van der Waals surface area contributed by atoms with Crippen molar-refractivity contribution in [1.29, 1.82) is 0 Å². The molecule has 7 nitrogen and oxygen atoms in total. The van der Waals surface area contributed by atoms with Gasteiger partial charge in [-0.3, -0.25) is 19.7 Å². The molecule has 1 amide bonds.